The van der Waals surface area contributed by atoms with Crippen molar-refractivity contribution in [2.45, 2.75) is 17.1 Å². The Balaban J connectivity index is 2.15. The zero-order valence-electron chi connectivity index (χ0n) is 8.96. The molecular weight excluding hydrogens is 226 g/mol. The normalized spacial score (nSPS) is 16.9. The summed E-state index contributed by atoms with van der Waals surface area (Å²) in [5.74, 6) is -0.0699. The van der Waals surface area contributed by atoms with Crippen LogP contribution in [-0.4, -0.2) is 37.6 Å². The molecular formula is C11H13NO3S. The van der Waals surface area contributed by atoms with E-state index >= 15 is 0 Å². The molecule has 0 N–H and O–H groups in total. The van der Waals surface area contributed by atoms with Gasteiger partial charge in [0.15, 0.2) is 9.84 Å². The summed E-state index contributed by atoms with van der Waals surface area (Å²) in [5, 5.41) is -0.446. The van der Waals surface area contributed by atoms with E-state index in [1.165, 1.54) is 11.8 Å². The number of hydrogen-bond donors (Lipinski definition) is 0. The summed E-state index contributed by atoms with van der Waals surface area (Å²) in [6.45, 7) is 2.07. The van der Waals surface area contributed by atoms with Crippen LogP contribution in [0.15, 0.2) is 35.2 Å². The second-order valence-corrected chi connectivity index (χ2v) is 6.13. The highest BCUT2D eigenvalue weighted by Crippen LogP contribution is 2.23. The molecule has 4 nitrogen and oxygen atoms in total. The van der Waals surface area contributed by atoms with Gasteiger partial charge in [-0.15, -0.1) is 0 Å². The van der Waals surface area contributed by atoms with E-state index in [9.17, 15) is 13.2 Å². The molecule has 16 heavy (non-hydrogen) atoms. The van der Waals surface area contributed by atoms with Crippen LogP contribution in [0, 0.1) is 0 Å². The van der Waals surface area contributed by atoms with Crippen LogP contribution >= 0.6 is 0 Å². The number of carbonyl (C=O) groups excluding carboxylic acids is 1. The third-order valence-electron chi connectivity index (χ3n) is 2.80. The second-order valence-electron chi connectivity index (χ2n) is 3.90. The van der Waals surface area contributed by atoms with Crippen LogP contribution in [0.3, 0.4) is 0 Å². The topological polar surface area (TPSA) is 54.5 Å². The number of amides is 1. The van der Waals surface area contributed by atoms with Crippen molar-refractivity contribution in [1.82, 2.24) is 4.90 Å². The molecule has 1 aromatic carbocycles. The van der Waals surface area contributed by atoms with Gasteiger partial charge in [0.1, 0.15) is 5.25 Å². The first-order chi connectivity index (χ1) is 7.51. The lowest BCUT2D eigenvalue weighted by molar-refractivity contribution is -0.131. The lowest BCUT2D eigenvalue weighted by atomic mass is 10.2. The van der Waals surface area contributed by atoms with Crippen molar-refractivity contribution in [3.05, 3.63) is 30.3 Å². The van der Waals surface area contributed by atoms with Crippen LogP contribution in [-0.2, 0) is 14.6 Å². The predicted molar refractivity (Wildman–Crippen MR) is 59.7 cm³/mol. The predicted octanol–water partition coefficient (Wildman–Crippen LogP) is 0.691. The molecule has 0 bridgehead atoms. The van der Waals surface area contributed by atoms with Gasteiger partial charge in [-0.3, -0.25) is 4.79 Å². The molecule has 2 rings (SSSR count). The average Bonchev–Trinajstić information content (AvgIpc) is 2.15. The van der Waals surface area contributed by atoms with Crippen LogP contribution < -0.4 is 0 Å². The van der Waals surface area contributed by atoms with Gasteiger partial charge in [0.2, 0.25) is 5.91 Å². The van der Waals surface area contributed by atoms with Crippen LogP contribution in [0.5, 0.6) is 0 Å². The highest BCUT2D eigenvalue weighted by Gasteiger charge is 2.39. The number of rotatable bonds is 2. The first-order valence-electron chi connectivity index (χ1n) is 5.06. The van der Waals surface area contributed by atoms with Crippen molar-refractivity contribution in [1.29, 1.82) is 0 Å². The molecule has 1 saturated heterocycles. The minimum Gasteiger partial charge on any atom is -0.340 e. The van der Waals surface area contributed by atoms with Gasteiger partial charge in [-0.05, 0) is 12.1 Å². The van der Waals surface area contributed by atoms with E-state index in [0.717, 1.165) is 0 Å². The molecule has 0 radical (unpaired) electrons. The summed E-state index contributed by atoms with van der Waals surface area (Å²) in [6.07, 6.45) is 0. The van der Waals surface area contributed by atoms with Crippen LogP contribution in [0.25, 0.3) is 0 Å². The summed E-state index contributed by atoms with van der Waals surface area (Å²) in [4.78, 5) is 12.8. The molecule has 86 valence electrons. The monoisotopic (exact) mass is 239 g/mol. The standard InChI is InChI=1S/C11H13NO3S/c1-9(13)12-7-11(8-12)16(14,15)10-5-3-2-4-6-10/h2-6,11H,7-8H2,1H3. The number of carbonyl (C=O) groups is 1. The van der Waals surface area contributed by atoms with Crippen molar-refractivity contribution < 1.29 is 13.2 Å². The van der Waals surface area contributed by atoms with E-state index in [1.54, 1.807) is 30.3 Å². The Morgan fingerprint density at radius 2 is 1.81 bits per heavy atom. The van der Waals surface area contributed by atoms with Crippen molar-refractivity contribution in [3.8, 4) is 0 Å². The van der Waals surface area contributed by atoms with Crippen molar-refractivity contribution in [2.24, 2.45) is 0 Å². The van der Waals surface area contributed by atoms with E-state index in [0.29, 0.717) is 18.0 Å². The molecule has 1 aliphatic rings. The van der Waals surface area contributed by atoms with Gasteiger partial charge >= 0.3 is 0 Å². The van der Waals surface area contributed by atoms with Gasteiger partial charge in [0.25, 0.3) is 0 Å². The molecule has 0 saturated carbocycles. The quantitative estimate of drug-likeness (QED) is 0.763. The van der Waals surface area contributed by atoms with E-state index in [1.807, 2.05) is 0 Å². The summed E-state index contributed by atoms with van der Waals surface area (Å²) in [6, 6.07) is 8.36. The number of nitrogens with zero attached hydrogens (tertiary/aromatic N) is 1. The molecule has 0 unspecified atom stereocenters. The third-order valence-corrected chi connectivity index (χ3v) is 4.91. The van der Waals surface area contributed by atoms with Gasteiger partial charge in [-0.1, -0.05) is 18.2 Å². The highest BCUT2D eigenvalue weighted by atomic mass is 32.2. The molecule has 1 fully saturated rings. The van der Waals surface area contributed by atoms with Gasteiger partial charge in [0.05, 0.1) is 4.90 Å². The fourth-order valence-electron chi connectivity index (χ4n) is 1.69. The number of benzene rings is 1. The first-order valence-corrected chi connectivity index (χ1v) is 6.61. The zero-order valence-corrected chi connectivity index (χ0v) is 9.78. The van der Waals surface area contributed by atoms with E-state index < -0.39 is 15.1 Å². The Hall–Kier alpha value is -1.36. The Labute approximate surface area is 94.8 Å². The molecule has 1 aliphatic heterocycles. The number of sulfone groups is 1. The molecule has 0 atom stereocenters. The summed E-state index contributed by atoms with van der Waals surface area (Å²) in [7, 11) is -3.26. The molecule has 0 spiro atoms. The fraction of sp³-hybridized carbons (Fsp3) is 0.364. The van der Waals surface area contributed by atoms with Crippen molar-refractivity contribution in [3.63, 3.8) is 0 Å². The van der Waals surface area contributed by atoms with Gasteiger partial charge in [-0.2, -0.15) is 0 Å². The highest BCUT2D eigenvalue weighted by molar-refractivity contribution is 7.92. The zero-order chi connectivity index (χ0) is 11.8. The van der Waals surface area contributed by atoms with Gasteiger partial charge < -0.3 is 4.90 Å². The summed E-state index contributed by atoms with van der Waals surface area (Å²) < 4.78 is 24.1. The van der Waals surface area contributed by atoms with Crippen molar-refractivity contribution in [2.75, 3.05) is 13.1 Å². The molecule has 1 amide bonds. The molecule has 5 heteroatoms. The molecule has 1 aromatic rings. The first kappa shape index (κ1) is 11.1. The lowest BCUT2D eigenvalue weighted by Gasteiger charge is -2.37. The minimum atomic E-state index is -3.26. The Bertz CT molecular complexity index is 489. The maximum atomic E-state index is 12.0. The number of likely N-dealkylation sites (tertiary alicyclic amines) is 1. The maximum absolute atomic E-state index is 12.0. The summed E-state index contributed by atoms with van der Waals surface area (Å²) in [5.41, 5.74) is 0. The number of hydrogen-bond acceptors (Lipinski definition) is 3. The Kier molecular flexibility index (Phi) is 2.71. The Morgan fingerprint density at radius 3 is 2.31 bits per heavy atom. The van der Waals surface area contributed by atoms with Gasteiger partial charge in [0, 0.05) is 20.0 Å². The second kappa shape index (κ2) is 3.90. The van der Waals surface area contributed by atoms with E-state index in [2.05, 4.69) is 0 Å². The van der Waals surface area contributed by atoms with Crippen LogP contribution in [0.2, 0.25) is 0 Å². The minimum absolute atomic E-state index is 0.0699. The maximum Gasteiger partial charge on any atom is 0.219 e. The average molecular weight is 239 g/mol. The third kappa shape index (κ3) is 1.82. The van der Waals surface area contributed by atoms with E-state index in [4.69, 9.17) is 0 Å². The van der Waals surface area contributed by atoms with Crippen molar-refractivity contribution >= 4 is 15.7 Å². The lowest BCUT2D eigenvalue weighted by Crippen LogP contribution is -2.56. The van der Waals surface area contributed by atoms with Crippen LogP contribution in [0.4, 0.5) is 0 Å². The SMILES string of the molecule is CC(=O)N1CC(S(=O)(=O)c2ccccc2)C1. The Morgan fingerprint density at radius 1 is 1.25 bits per heavy atom. The fourth-order valence-corrected chi connectivity index (χ4v) is 3.37. The summed E-state index contributed by atoms with van der Waals surface area (Å²) >= 11 is 0. The van der Waals surface area contributed by atoms with Crippen LogP contribution in [0.1, 0.15) is 6.92 Å². The molecule has 0 aromatic heterocycles. The smallest absolute Gasteiger partial charge is 0.219 e. The molecule has 0 aliphatic carbocycles. The van der Waals surface area contributed by atoms with E-state index in [-0.39, 0.29) is 5.91 Å². The van der Waals surface area contributed by atoms with Gasteiger partial charge in [-0.25, -0.2) is 8.42 Å². The molecule has 1 heterocycles. The largest absolute Gasteiger partial charge is 0.340 e.